The zero-order chi connectivity index (χ0) is 10.9. The molecule has 1 aromatic rings. The second-order valence-corrected chi connectivity index (χ2v) is 4.31. The van der Waals surface area contributed by atoms with Gasteiger partial charge in [0.2, 0.25) is 0 Å². The number of nitrogen functional groups attached to an aromatic ring is 1. The highest BCUT2D eigenvalue weighted by Gasteiger charge is 2.15. The Hall–Kier alpha value is -0.750. The van der Waals surface area contributed by atoms with Crippen LogP contribution in [0.3, 0.4) is 0 Å². The number of rotatable bonds is 2. The van der Waals surface area contributed by atoms with Crippen LogP contribution in [-0.2, 0) is 11.2 Å². The average molecular weight is 325 g/mol. The molecule has 0 heterocycles. The van der Waals surface area contributed by atoms with Crippen molar-refractivity contribution in [2.45, 2.75) is 6.42 Å². The lowest BCUT2D eigenvalue weighted by atomic mass is 10.1. The van der Waals surface area contributed by atoms with Gasteiger partial charge in [-0.1, -0.05) is 0 Å². The predicted octanol–water partition coefficient (Wildman–Crippen LogP) is 2.13. The quantitative estimate of drug-likeness (QED) is 0.575. The summed E-state index contributed by atoms with van der Waals surface area (Å²) in [5.41, 5.74) is 6.30. The fraction of sp³-hybridized carbons (Fsp3) is 0.125. The summed E-state index contributed by atoms with van der Waals surface area (Å²) in [6, 6.07) is 1.47. The smallest absolute Gasteiger partial charge is 0.307 e. The Morgan fingerprint density at radius 2 is 2.07 bits per heavy atom. The van der Waals surface area contributed by atoms with Crippen LogP contribution < -0.4 is 5.73 Å². The number of carbonyl (C=O) groups is 1. The Morgan fingerprint density at radius 3 is 2.57 bits per heavy atom. The summed E-state index contributed by atoms with van der Waals surface area (Å²) in [4.78, 5) is 10.5. The van der Waals surface area contributed by atoms with Crippen molar-refractivity contribution in [2.24, 2.45) is 0 Å². The molecule has 0 bridgehead atoms. The van der Waals surface area contributed by atoms with Gasteiger partial charge in [-0.25, -0.2) is 0 Å². The molecule has 14 heavy (non-hydrogen) atoms. The number of phenols is 1. The highest BCUT2D eigenvalue weighted by atomic mass is 79.9. The fourth-order valence-corrected chi connectivity index (χ4v) is 2.29. The molecule has 0 radical (unpaired) electrons. The molecule has 4 N–H and O–H groups in total. The van der Waals surface area contributed by atoms with Gasteiger partial charge < -0.3 is 15.9 Å². The molecule has 0 fully saturated rings. The van der Waals surface area contributed by atoms with Crippen LogP contribution in [0, 0.1) is 0 Å². The monoisotopic (exact) mass is 323 g/mol. The van der Waals surface area contributed by atoms with Gasteiger partial charge in [-0.3, -0.25) is 4.79 Å². The van der Waals surface area contributed by atoms with Crippen LogP contribution in [0.2, 0.25) is 0 Å². The molecular weight excluding hydrogens is 318 g/mol. The van der Waals surface area contributed by atoms with E-state index in [0.29, 0.717) is 20.2 Å². The summed E-state index contributed by atoms with van der Waals surface area (Å²) in [6.07, 6.45) is -0.229. The molecule has 0 aromatic heterocycles. The van der Waals surface area contributed by atoms with Crippen molar-refractivity contribution < 1.29 is 15.0 Å². The molecule has 0 aliphatic heterocycles. The molecule has 0 aliphatic rings. The SMILES string of the molecule is Nc1cc(Br)c(O)c(Br)c1CC(=O)O. The van der Waals surface area contributed by atoms with Gasteiger partial charge in [-0.2, -0.15) is 0 Å². The van der Waals surface area contributed by atoms with E-state index < -0.39 is 5.97 Å². The minimum absolute atomic E-state index is 0.0459. The van der Waals surface area contributed by atoms with E-state index in [1.54, 1.807) is 0 Å². The van der Waals surface area contributed by atoms with Gasteiger partial charge in [-0.15, -0.1) is 0 Å². The highest BCUT2D eigenvalue weighted by molar-refractivity contribution is 9.11. The summed E-state index contributed by atoms with van der Waals surface area (Å²) in [5.74, 6) is -1.05. The summed E-state index contributed by atoms with van der Waals surface area (Å²) in [6.45, 7) is 0. The van der Waals surface area contributed by atoms with Crippen LogP contribution in [0.4, 0.5) is 5.69 Å². The van der Waals surface area contributed by atoms with Crippen molar-refractivity contribution >= 4 is 43.5 Å². The van der Waals surface area contributed by atoms with Crippen molar-refractivity contribution in [2.75, 3.05) is 5.73 Å². The molecule has 6 heteroatoms. The minimum atomic E-state index is -1.00. The molecule has 76 valence electrons. The van der Waals surface area contributed by atoms with Crippen molar-refractivity contribution in [3.05, 3.63) is 20.6 Å². The van der Waals surface area contributed by atoms with Crippen LogP contribution in [0.1, 0.15) is 5.56 Å². The molecule has 0 atom stereocenters. The van der Waals surface area contributed by atoms with E-state index in [4.69, 9.17) is 10.8 Å². The number of halogens is 2. The van der Waals surface area contributed by atoms with Crippen LogP contribution in [0.5, 0.6) is 5.75 Å². The molecule has 0 aliphatic carbocycles. The Kier molecular flexibility index (Phi) is 3.38. The Labute approximate surface area is 97.0 Å². The molecular formula is C8H7Br2NO3. The van der Waals surface area contributed by atoms with Gasteiger partial charge in [0.15, 0.2) is 0 Å². The first kappa shape index (κ1) is 11.3. The van der Waals surface area contributed by atoms with E-state index >= 15 is 0 Å². The summed E-state index contributed by atoms with van der Waals surface area (Å²) in [7, 11) is 0. The van der Waals surface area contributed by atoms with Crippen LogP contribution in [0.25, 0.3) is 0 Å². The number of hydrogen-bond acceptors (Lipinski definition) is 3. The van der Waals surface area contributed by atoms with E-state index in [-0.39, 0.29) is 12.2 Å². The Balaban J connectivity index is 3.29. The maximum Gasteiger partial charge on any atom is 0.307 e. The fourth-order valence-electron chi connectivity index (χ4n) is 0.997. The number of phenolic OH excluding ortho intramolecular Hbond substituents is 1. The zero-order valence-corrected chi connectivity index (χ0v) is 10.1. The summed E-state index contributed by atoms with van der Waals surface area (Å²) in [5, 5.41) is 18.1. The molecule has 4 nitrogen and oxygen atoms in total. The van der Waals surface area contributed by atoms with Crippen molar-refractivity contribution in [1.29, 1.82) is 0 Å². The third-order valence-electron chi connectivity index (χ3n) is 1.66. The first-order valence-corrected chi connectivity index (χ1v) is 5.19. The van der Waals surface area contributed by atoms with Crippen LogP contribution in [-0.4, -0.2) is 16.2 Å². The zero-order valence-electron chi connectivity index (χ0n) is 6.92. The van der Waals surface area contributed by atoms with Gasteiger partial charge in [0, 0.05) is 11.3 Å². The van der Waals surface area contributed by atoms with Crippen molar-refractivity contribution in [3.63, 3.8) is 0 Å². The highest BCUT2D eigenvalue weighted by Crippen LogP contribution is 2.38. The number of carboxylic acids is 1. The van der Waals surface area contributed by atoms with Crippen LogP contribution in [0.15, 0.2) is 15.0 Å². The molecule has 0 saturated carbocycles. The second-order valence-electron chi connectivity index (χ2n) is 2.66. The molecule has 1 rings (SSSR count). The third-order valence-corrected chi connectivity index (χ3v) is 3.12. The number of nitrogens with two attached hydrogens (primary N) is 1. The van der Waals surface area contributed by atoms with Gasteiger partial charge in [0.25, 0.3) is 0 Å². The number of anilines is 1. The lowest BCUT2D eigenvalue weighted by molar-refractivity contribution is -0.136. The van der Waals surface area contributed by atoms with E-state index in [0.717, 1.165) is 0 Å². The first-order valence-electron chi connectivity index (χ1n) is 3.60. The van der Waals surface area contributed by atoms with Gasteiger partial charge >= 0.3 is 5.97 Å². The Morgan fingerprint density at radius 1 is 1.50 bits per heavy atom. The molecule has 0 spiro atoms. The number of hydrogen-bond donors (Lipinski definition) is 3. The minimum Gasteiger partial charge on any atom is -0.506 e. The van der Waals surface area contributed by atoms with Crippen molar-refractivity contribution in [3.8, 4) is 5.75 Å². The lowest BCUT2D eigenvalue weighted by Crippen LogP contribution is -2.04. The molecule has 0 saturated heterocycles. The number of aliphatic carboxylic acids is 1. The second kappa shape index (κ2) is 4.18. The molecule has 1 aromatic carbocycles. The van der Waals surface area contributed by atoms with E-state index in [1.807, 2.05) is 0 Å². The Bertz CT molecular complexity index is 393. The average Bonchev–Trinajstić information content (AvgIpc) is 2.09. The lowest BCUT2D eigenvalue weighted by Gasteiger charge is -2.09. The molecule has 0 amide bonds. The first-order chi connectivity index (χ1) is 6.43. The maximum absolute atomic E-state index is 10.5. The van der Waals surface area contributed by atoms with Gasteiger partial charge in [0.05, 0.1) is 15.4 Å². The summed E-state index contributed by atoms with van der Waals surface area (Å²) < 4.78 is 0.739. The van der Waals surface area contributed by atoms with Gasteiger partial charge in [-0.05, 0) is 37.9 Å². The predicted molar refractivity (Wildman–Crippen MR) is 59.3 cm³/mol. The largest absolute Gasteiger partial charge is 0.506 e. The molecule has 0 unspecified atom stereocenters. The number of benzene rings is 1. The van der Waals surface area contributed by atoms with Gasteiger partial charge in [0.1, 0.15) is 5.75 Å². The van der Waals surface area contributed by atoms with Crippen molar-refractivity contribution in [1.82, 2.24) is 0 Å². The van der Waals surface area contributed by atoms with E-state index in [9.17, 15) is 9.90 Å². The third kappa shape index (κ3) is 2.19. The standard InChI is InChI=1S/C8H7Br2NO3/c9-4-2-5(11)3(1-6(12)13)7(10)8(4)14/h2,14H,1,11H2,(H,12,13). The normalized spacial score (nSPS) is 10.1. The number of carboxylic acid groups (broad SMARTS) is 1. The summed E-state index contributed by atoms with van der Waals surface area (Å²) >= 11 is 6.18. The maximum atomic E-state index is 10.5. The number of aromatic hydroxyl groups is 1. The van der Waals surface area contributed by atoms with Crippen LogP contribution >= 0.6 is 31.9 Å². The topological polar surface area (TPSA) is 83.5 Å². The van der Waals surface area contributed by atoms with E-state index in [1.165, 1.54) is 6.07 Å². The van der Waals surface area contributed by atoms with E-state index in [2.05, 4.69) is 31.9 Å².